The second-order valence-corrected chi connectivity index (χ2v) is 6.65. The maximum absolute atomic E-state index is 2.50. The predicted molar refractivity (Wildman–Crippen MR) is 79.4 cm³/mol. The molecule has 0 N–H and O–H groups in total. The molecular formula is C16H26N2. The van der Waals surface area contributed by atoms with E-state index >= 15 is 0 Å². The smallest absolute Gasteiger partial charge is 0.0366 e. The largest absolute Gasteiger partial charge is 0.370 e. The van der Waals surface area contributed by atoms with Gasteiger partial charge in [-0.15, -0.1) is 0 Å². The van der Waals surface area contributed by atoms with Gasteiger partial charge in [-0.25, -0.2) is 0 Å². The summed E-state index contributed by atoms with van der Waals surface area (Å²) in [6.45, 7) is 9.12. The third-order valence-electron chi connectivity index (χ3n) is 3.99. The Hall–Kier alpha value is -1.02. The van der Waals surface area contributed by atoms with Crippen molar-refractivity contribution in [2.75, 3.05) is 32.1 Å². The number of nitrogens with zero attached hydrogens (tertiary/aromatic N) is 2. The topological polar surface area (TPSA) is 6.48 Å². The van der Waals surface area contributed by atoms with E-state index < -0.39 is 0 Å². The van der Waals surface area contributed by atoms with Gasteiger partial charge in [-0.1, -0.05) is 32.9 Å². The van der Waals surface area contributed by atoms with Crippen LogP contribution in [-0.4, -0.2) is 38.1 Å². The third kappa shape index (κ3) is 2.86. The van der Waals surface area contributed by atoms with Gasteiger partial charge in [-0.3, -0.25) is 0 Å². The lowest BCUT2D eigenvalue weighted by atomic mass is 9.87. The van der Waals surface area contributed by atoms with Crippen LogP contribution in [-0.2, 0) is 5.41 Å². The van der Waals surface area contributed by atoms with Crippen molar-refractivity contribution in [2.24, 2.45) is 0 Å². The van der Waals surface area contributed by atoms with Gasteiger partial charge >= 0.3 is 0 Å². The van der Waals surface area contributed by atoms with Crippen molar-refractivity contribution in [3.63, 3.8) is 0 Å². The Morgan fingerprint density at radius 2 is 1.72 bits per heavy atom. The van der Waals surface area contributed by atoms with Crippen molar-refractivity contribution in [1.29, 1.82) is 0 Å². The zero-order valence-corrected chi connectivity index (χ0v) is 12.4. The predicted octanol–water partition coefficient (Wildman–Crippen LogP) is 3.12. The van der Waals surface area contributed by atoms with Crippen LogP contribution >= 0.6 is 0 Å². The molecule has 1 aliphatic rings. The highest BCUT2D eigenvalue weighted by atomic mass is 15.2. The van der Waals surface area contributed by atoms with Crippen LogP contribution in [0.25, 0.3) is 0 Å². The molecule has 2 heteroatoms. The Balaban J connectivity index is 2.07. The highest BCUT2D eigenvalue weighted by molar-refractivity contribution is 5.49. The normalized spacial score (nSPS) is 20.8. The van der Waals surface area contributed by atoms with Crippen LogP contribution in [0.15, 0.2) is 24.3 Å². The monoisotopic (exact) mass is 246 g/mol. The fourth-order valence-electron chi connectivity index (χ4n) is 2.57. The molecule has 2 nitrogen and oxygen atoms in total. The summed E-state index contributed by atoms with van der Waals surface area (Å²) >= 11 is 0. The lowest BCUT2D eigenvalue weighted by molar-refractivity contribution is 0.315. The average Bonchev–Trinajstić information content (AvgIpc) is 2.77. The van der Waals surface area contributed by atoms with Crippen LogP contribution in [0.5, 0.6) is 0 Å². The van der Waals surface area contributed by atoms with Crippen molar-refractivity contribution in [3.05, 3.63) is 29.8 Å². The van der Waals surface area contributed by atoms with Crippen LogP contribution in [0.1, 0.15) is 32.8 Å². The van der Waals surface area contributed by atoms with Crippen molar-refractivity contribution in [1.82, 2.24) is 4.90 Å². The second-order valence-electron chi connectivity index (χ2n) is 6.65. The summed E-state index contributed by atoms with van der Waals surface area (Å²) in [5.41, 5.74) is 3.03. The highest BCUT2D eigenvalue weighted by Crippen LogP contribution is 2.27. The molecule has 0 amide bonds. The number of rotatable bonds is 2. The van der Waals surface area contributed by atoms with Crippen molar-refractivity contribution in [3.8, 4) is 0 Å². The molecule has 1 fully saturated rings. The average molecular weight is 246 g/mol. The number of anilines is 1. The summed E-state index contributed by atoms with van der Waals surface area (Å²) in [6.07, 6.45) is 1.27. The molecule has 1 atom stereocenters. The van der Waals surface area contributed by atoms with E-state index in [1.807, 2.05) is 0 Å². The summed E-state index contributed by atoms with van der Waals surface area (Å²) in [5.74, 6) is 0. The van der Waals surface area contributed by atoms with Gasteiger partial charge < -0.3 is 9.80 Å². The number of likely N-dealkylation sites (N-methyl/N-ethyl adjacent to an activating group) is 1. The summed E-state index contributed by atoms with van der Waals surface area (Å²) in [6, 6.07) is 9.81. The quantitative estimate of drug-likeness (QED) is 0.791. The Bertz CT molecular complexity index is 387. The highest BCUT2D eigenvalue weighted by Gasteiger charge is 2.24. The Morgan fingerprint density at radius 3 is 2.17 bits per heavy atom. The first-order chi connectivity index (χ1) is 8.38. The minimum absolute atomic E-state index is 0.246. The summed E-state index contributed by atoms with van der Waals surface area (Å²) in [5, 5.41) is 0. The van der Waals surface area contributed by atoms with E-state index in [2.05, 4.69) is 68.9 Å². The SMILES string of the molecule is CN(C)[C@H]1CCN(c2ccc(C(C)(C)C)cc2)C1. The zero-order chi connectivity index (χ0) is 13.3. The van der Waals surface area contributed by atoms with Crippen molar-refractivity contribution in [2.45, 2.75) is 38.6 Å². The van der Waals surface area contributed by atoms with E-state index in [0.717, 1.165) is 6.54 Å². The fourth-order valence-corrected chi connectivity index (χ4v) is 2.57. The molecule has 0 spiro atoms. The minimum Gasteiger partial charge on any atom is -0.370 e. The van der Waals surface area contributed by atoms with Crippen molar-refractivity contribution < 1.29 is 0 Å². The summed E-state index contributed by atoms with van der Waals surface area (Å²) in [7, 11) is 4.35. The molecule has 1 heterocycles. The molecule has 1 aliphatic heterocycles. The third-order valence-corrected chi connectivity index (χ3v) is 3.99. The minimum atomic E-state index is 0.246. The van der Waals surface area contributed by atoms with Gasteiger partial charge in [0.05, 0.1) is 0 Å². The molecule has 18 heavy (non-hydrogen) atoms. The number of hydrogen-bond donors (Lipinski definition) is 0. The van der Waals surface area contributed by atoms with E-state index in [9.17, 15) is 0 Å². The molecule has 1 saturated heterocycles. The molecule has 1 aromatic rings. The lowest BCUT2D eigenvalue weighted by Crippen LogP contribution is -2.31. The second kappa shape index (κ2) is 4.93. The standard InChI is InChI=1S/C16H26N2/c1-16(2,3)13-6-8-14(9-7-13)18-11-10-15(12-18)17(4)5/h6-9,15H,10-12H2,1-5H3/t15-/m0/s1. The van der Waals surface area contributed by atoms with Gasteiger partial charge in [0.1, 0.15) is 0 Å². The van der Waals surface area contributed by atoms with Crippen LogP contribution in [0.4, 0.5) is 5.69 Å². The first kappa shape index (κ1) is 13.4. The molecular weight excluding hydrogens is 220 g/mol. The van der Waals surface area contributed by atoms with Gasteiger partial charge in [-0.2, -0.15) is 0 Å². The van der Waals surface area contributed by atoms with Crippen LogP contribution in [0, 0.1) is 0 Å². The molecule has 0 aliphatic carbocycles. The van der Waals surface area contributed by atoms with Gasteiger partial charge in [0.15, 0.2) is 0 Å². The lowest BCUT2D eigenvalue weighted by Gasteiger charge is -2.24. The van der Waals surface area contributed by atoms with Gasteiger partial charge in [0, 0.05) is 24.8 Å². The van der Waals surface area contributed by atoms with Gasteiger partial charge in [0.25, 0.3) is 0 Å². The van der Waals surface area contributed by atoms with Gasteiger partial charge in [-0.05, 0) is 43.6 Å². The van der Waals surface area contributed by atoms with E-state index in [0.29, 0.717) is 6.04 Å². The van der Waals surface area contributed by atoms with E-state index in [1.165, 1.54) is 24.2 Å². The van der Waals surface area contributed by atoms with Crippen LogP contribution in [0.2, 0.25) is 0 Å². The molecule has 0 bridgehead atoms. The summed E-state index contributed by atoms with van der Waals surface area (Å²) < 4.78 is 0. The Morgan fingerprint density at radius 1 is 1.11 bits per heavy atom. The Labute approximate surface area is 112 Å². The van der Waals surface area contributed by atoms with Crippen molar-refractivity contribution >= 4 is 5.69 Å². The van der Waals surface area contributed by atoms with E-state index in [4.69, 9.17) is 0 Å². The molecule has 100 valence electrons. The molecule has 0 saturated carbocycles. The number of hydrogen-bond acceptors (Lipinski definition) is 2. The maximum atomic E-state index is 2.50. The number of benzene rings is 1. The van der Waals surface area contributed by atoms with Crippen LogP contribution in [0.3, 0.4) is 0 Å². The molecule has 0 aromatic heterocycles. The van der Waals surface area contributed by atoms with E-state index in [-0.39, 0.29) is 5.41 Å². The van der Waals surface area contributed by atoms with Gasteiger partial charge in [0.2, 0.25) is 0 Å². The molecule has 0 unspecified atom stereocenters. The fraction of sp³-hybridized carbons (Fsp3) is 0.625. The summed E-state index contributed by atoms with van der Waals surface area (Å²) in [4.78, 5) is 4.83. The van der Waals surface area contributed by atoms with Crippen LogP contribution < -0.4 is 4.90 Å². The van der Waals surface area contributed by atoms with E-state index in [1.54, 1.807) is 0 Å². The molecule has 1 aromatic carbocycles. The zero-order valence-electron chi connectivity index (χ0n) is 12.4. The maximum Gasteiger partial charge on any atom is 0.0366 e. The molecule has 2 rings (SSSR count). The first-order valence-electron chi connectivity index (χ1n) is 6.90. The first-order valence-corrected chi connectivity index (χ1v) is 6.90. The Kier molecular flexibility index (Phi) is 3.67. The molecule has 0 radical (unpaired) electrons.